The second-order valence-corrected chi connectivity index (χ2v) is 8.05. The third-order valence-electron chi connectivity index (χ3n) is 6.55. The molecule has 6 heteroatoms. The van der Waals surface area contributed by atoms with E-state index in [1.165, 1.54) is 11.1 Å². The Morgan fingerprint density at radius 3 is 2.68 bits per heavy atom. The summed E-state index contributed by atoms with van der Waals surface area (Å²) in [6.45, 7) is 5.74. The molecule has 0 amide bonds. The van der Waals surface area contributed by atoms with E-state index in [2.05, 4.69) is 51.0 Å². The summed E-state index contributed by atoms with van der Waals surface area (Å²) in [4.78, 5) is 15.5. The molecule has 5 rings (SSSR count). The van der Waals surface area contributed by atoms with Gasteiger partial charge in [0.2, 0.25) is 0 Å². The van der Waals surface area contributed by atoms with E-state index >= 15 is 0 Å². The predicted octanol–water partition coefficient (Wildman–Crippen LogP) is 2.79. The molecule has 3 aromatic rings. The van der Waals surface area contributed by atoms with Crippen LogP contribution >= 0.6 is 0 Å². The molecule has 1 aromatic carbocycles. The van der Waals surface area contributed by atoms with Crippen molar-refractivity contribution in [1.82, 2.24) is 19.5 Å². The fourth-order valence-corrected chi connectivity index (χ4v) is 5.12. The Balaban J connectivity index is 1.49. The molecule has 6 nitrogen and oxygen atoms in total. The summed E-state index contributed by atoms with van der Waals surface area (Å²) in [6.07, 6.45) is 8.78. The van der Waals surface area contributed by atoms with Crippen LogP contribution in [-0.2, 0) is 5.41 Å². The number of benzene rings is 1. The molecule has 1 saturated heterocycles. The quantitative estimate of drug-likeness (QED) is 0.746. The van der Waals surface area contributed by atoms with Crippen LogP contribution in [0.2, 0.25) is 0 Å². The van der Waals surface area contributed by atoms with Gasteiger partial charge in [0.1, 0.15) is 11.6 Å². The maximum absolute atomic E-state index is 11.5. The molecule has 1 aliphatic heterocycles. The van der Waals surface area contributed by atoms with Crippen LogP contribution in [0.15, 0.2) is 49.2 Å². The van der Waals surface area contributed by atoms with Crippen LogP contribution < -0.4 is 4.90 Å². The number of rotatable bonds is 2. The van der Waals surface area contributed by atoms with Gasteiger partial charge in [0, 0.05) is 42.7 Å². The lowest BCUT2D eigenvalue weighted by molar-refractivity contribution is 0.0492. The molecule has 0 radical (unpaired) electrons. The van der Waals surface area contributed by atoms with Crippen molar-refractivity contribution in [2.75, 3.05) is 18.0 Å². The first-order valence-electron chi connectivity index (χ1n) is 9.90. The van der Waals surface area contributed by atoms with Gasteiger partial charge < -0.3 is 14.6 Å². The molecule has 144 valence electrons. The second kappa shape index (κ2) is 6.41. The lowest BCUT2D eigenvalue weighted by atomic mass is 9.72. The van der Waals surface area contributed by atoms with Crippen LogP contribution in [0.4, 0.5) is 5.82 Å². The number of hydrogen-bond donors (Lipinski definition) is 1. The van der Waals surface area contributed by atoms with Crippen LogP contribution in [0.1, 0.15) is 41.4 Å². The van der Waals surface area contributed by atoms with Gasteiger partial charge in [-0.25, -0.2) is 15.0 Å². The molecule has 28 heavy (non-hydrogen) atoms. The summed E-state index contributed by atoms with van der Waals surface area (Å²) in [5.74, 6) is 1.82. The van der Waals surface area contributed by atoms with Gasteiger partial charge in [-0.3, -0.25) is 0 Å². The van der Waals surface area contributed by atoms with Crippen molar-refractivity contribution in [3.05, 3.63) is 71.7 Å². The molecule has 1 spiro atoms. The lowest BCUT2D eigenvalue weighted by Gasteiger charge is -2.43. The maximum atomic E-state index is 11.5. The summed E-state index contributed by atoms with van der Waals surface area (Å²) < 4.78 is 2.04. The number of anilines is 1. The van der Waals surface area contributed by atoms with E-state index in [0.29, 0.717) is 0 Å². The largest absolute Gasteiger partial charge is 0.390 e. The van der Waals surface area contributed by atoms with Crippen molar-refractivity contribution in [2.45, 2.75) is 44.2 Å². The number of hydrogen-bond acceptors (Lipinski definition) is 5. The number of fused-ring (bicyclic) bond motifs is 2. The van der Waals surface area contributed by atoms with E-state index in [-0.39, 0.29) is 11.5 Å². The summed E-state index contributed by atoms with van der Waals surface area (Å²) in [6, 6.07) is 8.44. The lowest BCUT2D eigenvalue weighted by Crippen LogP contribution is -2.49. The Bertz CT molecular complexity index is 992. The van der Waals surface area contributed by atoms with Crippen molar-refractivity contribution in [3.63, 3.8) is 0 Å². The highest BCUT2D eigenvalue weighted by atomic mass is 16.3. The van der Waals surface area contributed by atoms with E-state index < -0.39 is 6.10 Å². The van der Waals surface area contributed by atoms with E-state index in [0.717, 1.165) is 43.1 Å². The third-order valence-corrected chi connectivity index (χ3v) is 6.55. The average Bonchev–Trinajstić information content (AvgIpc) is 3.31. The number of aromatic nitrogens is 4. The van der Waals surface area contributed by atoms with E-state index in [9.17, 15) is 5.11 Å². The van der Waals surface area contributed by atoms with Crippen LogP contribution in [0.5, 0.6) is 0 Å². The number of nitrogens with zero attached hydrogens (tertiary/aromatic N) is 5. The Hall–Kier alpha value is -2.73. The molecular weight excluding hydrogens is 350 g/mol. The SMILES string of the molecule is Cc1ncc(C)c(N2CCC3(CC2)c2ccccc2[C@@H](n2ccnc2)[C@@H]3O)n1. The molecule has 1 fully saturated rings. The zero-order valence-corrected chi connectivity index (χ0v) is 16.3. The van der Waals surface area contributed by atoms with Crippen molar-refractivity contribution < 1.29 is 5.11 Å². The zero-order valence-electron chi connectivity index (χ0n) is 16.3. The average molecular weight is 375 g/mol. The summed E-state index contributed by atoms with van der Waals surface area (Å²) in [5.41, 5.74) is 3.38. The first-order chi connectivity index (χ1) is 13.6. The van der Waals surface area contributed by atoms with Gasteiger partial charge in [-0.05, 0) is 37.8 Å². The minimum atomic E-state index is -0.463. The molecule has 0 bridgehead atoms. The monoisotopic (exact) mass is 375 g/mol. The molecule has 2 aromatic heterocycles. The Morgan fingerprint density at radius 1 is 1.14 bits per heavy atom. The van der Waals surface area contributed by atoms with Gasteiger partial charge in [-0.2, -0.15) is 0 Å². The minimum Gasteiger partial charge on any atom is -0.390 e. The number of aliphatic hydroxyl groups excluding tert-OH is 1. The topological polar surface area (TPSA) is 67.1 Å². The number of aliphatic hydroxyl groups is 1. The van der Waals surface area contributed by atoms with Crippen molar-refractivity contribution in [2.24, 2.45) is 0 Å². The fraction of sp³-hybridized carbons (Fsp3) is 0.409. The second-order valence-electron chi connectivity index (χ2n) is 8.05. The molecule has 2 aliphatic rings. The third kappa shape index (κ3) is 2.48. The minimum absolute atomic E-state index is 0.0757. The highest BCUT2D eigenvalue weighted by Gasteiger charge is 2.53. The summed E-state index contributed by atoms with van der Waals surface area (Å²) in [7, 11) is 0. The normalized spacial score (nSPS) is 23.2. The van der Waals surface area contributed by atoms with Gasteiger partial charge in [0.15, 0.2) is 0 Å². The summed E-state index contributed by atoms with van der Waals surface area (Å²) >= 11 is 0. The first-order valence-corrected chi connectivity index (χ1v) is 9.90. The van der Waals surface area contributed by atoms with Crippen LogP contribution in [0.25, 0.3) is 0 Å². The Morgan fingerprint density at radius 2 is 1.93 bits per heavy atom. The molecule has 2 atom stereocenters. The molecule has 3 heterocycles. The standard InChI is InChI=1S/C22H25N5O/c1-15-13-24-16(2)25-21(15)26-10-7-22(8-11-26)18-6-4-3-5-17(18)19(20(22)28)27-12-9-23-14-27/h3-6,9,12-14,19-20,28H,7-8,10-11H2,1-2H3/t19-,20+/m1/s1. The number of aryl methyl sites for hydroxylation is 2. The van der Waals surface area contributed by atoms with Crippen LogP contribution in [0.3, 0.4) is 0 Å². The number of imidazole rings is 1. The molecule has 0 saturated carbocycles. The highest BCUT2D eigenvalue weighted by molar-refractivity contribution is 5.50. The first kappa shape index (κ1) is 17.4. The fourth-order valence-electron chi connectivity index (χ4n) is 5.12. The smallest absolute Gasteiger partial charge is 0.135 e. The molecule has 0 unspecified atom stereocenters. The van der Waals surface area contributed by atoms with Crippen molar-refractivity contribution in [3.8, 4) is 0 Å². The van der Waals surface area contributed by atoms with E-state index in [1.807, 2.05) is 30.2 Å². The van der Waals surface area contributed by atoms with Gasteiger partial charge in [0.25, 0.3) is 0 Å². The van der Waals surface area contributed by atoms with Gasteiger partial charge in [-0.1, -0.05) is 24.3 Å². The van der Waals surface area contributed by atoms with Crippen molar-refractivity contribution >= 4 is 5.82 Å². The number of piperidine rings is 1. The van der Waals surface area contributed by atoms with E-state index in [1.54, 1.807) is 6.20 Å². The molecule has 1 aliphatic carbocycles. The van der Waals surface area contributed by atoms with Gasteiger partial charge in [0.05, 0.1) is 18.5 Å². The summed E-state index contributed by atoms with van der Waals surface area (Å²) in [5, 5.41) is 11.5. The van der Waals surface area contributed by atoms with E-state index in [4.69, 9.17) is 0 Å². The molecule has 1 N–H and O–H groups in total. The van der Waals surface area contributed by atoms with Gasteiger partial charge in [-0.15, -0.1) is 0 Å². The van der Waals surface area contributed by atoms with Crippen LogP contribution in [-0.4, -0.2) is 43.8 Å². The maximum Gasteiger partial charge on any atom is 0.135 e. The Labute approximate surface area is 164 Å². The zero-order chi connectivity index (χ0) is 19.3. The van der Waals surface area contributed by atoms with Crippen molar-refractivity contribution in [1.29, 1.82) is 0 Å². The predicted molar refractivity (Wildman–Crippen MR) is 107 cm³/mol. The van der Waals surface area contributed by atoms with Crippen LogP contribution in [0, 0.1) is 13.8 Å². The molecular formula is C22H25N5O. The highest BCUT2D eigenvalue weighted by Crippen LogP contribution is 2.52. The van der Waals surface area contributed by atoms with Gasteiger partial charge >= 0.3 is 0 Å². The Kier molecular flexibility index (Phi) is 3.98.